The Morgan fingerprint density at radius 1 is 0.800 bits per heavy atom. The Hall–Kier alpha value is 0.889. The maximum absolute atomic E-state index is 2.12. The second kappa shape index (κ2) is 9.89. The van der Waals surface area contributed by atoms with Gasteiger partial charge >= 0.3 is 56.4 Å². The Morgan fingerprint density at radius 2 is 1.20 bits per heavy atom. The van der Waals surface area contributed by atoms with Crippen molar-refractivity contribution in [1.29, 1.82) is 0 Å². The molecular formula is C6H8Cl3Sn. The van der Waals surface area contributed by atoms with Gasteiger partial charge in [0, 0.05) is 0 Å². The molecule has 0 amide bonds. The summed E-state index contributed by atoms with van der Waals surface area (Å²) < 4.78 is 1.41. The average Bonchev–Trinajstić information content (AvgIpc) is 1.69. The number of hydrogen-bond acceptors (Lipinski definition) is 0. The molecule has 0 atom stereocenters. The Morgan fingerprint density at radius 3 is 1.40 bits per heavy atom. The first-order valence-corrected chi connectivity index (χ1v) is 3.59. The third kappa shape index (κ3) is 7.00. The van der Waals surface area contributed by atoms with Crippen LogP contribution in [0.5, 0.6) is 0 Å². The number of halogens is 3. The van der Waals surface area contributed by atoms with Crippen molar-refractivity contribution >= 4 is 63.3 Å². The molecule has 0 spiro atoms. The molecule has 0 heterocycles. The van der Waals surface area contributed by atoms with E-state index in [0.717, 1.165) is 0 Å². The molecule has 1 rings (SSSR count). The zero-order chi connectivity index (χ0) is 5.11. The SMILES string of the molecule is Cl.Cl.Cl.[Sn][c]1ccccc1. The molecule has 0 unspecified atom stereocenters. The van der Waals surface area contributed by atoms with Gasteiger partial charge in [0.2, 0.25) is 0 Å². The molecule has 0 saturated carbocycles. The molecule has 57 valence electrons. The minimum absolute atomic E-state index is 0. The molecule has 0 N–H and O–H groups in total. The second-order valence-corrected chi connectivity index (χ2v) is 3.01. The molecule has 0 fully saturated rings. The summed E-state index contributed by atoms with van der Waals surface area (Å²) in [5, 5.41) is 0. The summed E-state index contributed by atoms with van der Waals surface area (Å²) in [6.45, 7) is 0. The van der Waals surface area contributed by atoms with Crippen LogP contribution < -0.4 is 3.58 Å². The van der Waals surface area contributed by atoms with Crippen molar-refractivity contribution in [3.8, 4) is 0 Å². The van der Waals surface area contributed by atoms with E-state index in [1.807, 2.05) is 6.07 Å². The zero-order valence-corrected chi connectivity index (χ0v) is 10.4. The van der Waals surface area contributed by atoms with Crippen molar-refractivity contribution in [2.24, 2.45) is 0 Å². The minimum atomic E-state index is 0. The summed E-state index contributed by atoms with van der Waals surface area (Å²) in [7, 11) is 0. The molecule has 0 aliphatic heterocycles. The van der Waals surface area contributed by atoms with Crippen molar-refractivity contribution in [1.82, 2.24) is 0 Å². The van der Waals surface area contributed by atoms with Crippen LogP contribution in [0.3, 0.4) is 0 Å². The predicted molar refractivity (Wildman–Crippen MR) is 53.6 cm³/mol. The molecule has 0 nitrogen and oxygen atoms in total. The molecule has 0 aromatic heterocycles. The molecule has 1 aromatic carbocycles. The van der Waals surface area contributed by atoms with Crippen molar-refractivity contribution in [2.75, 3.05) is 0 Å². The summed E-state index contributed by atoms with van der Waals surface area (Å²) >= 11 is 1.49. The van der Waals surface area contributed by atoms with Gasteiger partial charge in [-0.1, -0.05) is 0 Å². The van der Waals surface area contributed by atoms with Gasteiger partial charge < -0.3 is 0 Å². The van der Waals surface area contributed by atoms with Gasteiger partial charge in [-0.05, 0) is 0 Å². The van der Waals surface area contributed by atoms with Gasteiger partial charge in [-0.3, -0.25) is 0 Å². The van der Waals surface area contributed by atoms with Crippen LogP contribution in [-0.2, 0) is 0 Å². The first kappa shape index (κ1) is 17.1. The van der Waals surface area contributed by atoms with E-state index in [2.05, 4.69) is 24.3 Å². The monoisotopic (exact) mass is 305 g/mol. The quantitative estimate of drug-likeness (QED) is 0.641. The van der Waals surface area contributed by atoms with Crippen LogP contribution in [0.4, 0.5) is 0 Å². The molecule has 10 heavy (non-hydrogen) atoms. The van der Waals surface area contributed by atoms with Crippen LogP contribution in [0.25, 0.3) is 0 Å². The molecule has 3 radical (unpaired) electrons. The van der Waals surface area contributed by atoms with E-state index in [0.29, 0.717) is 0 Å². The van der Waals surface area contributed by atoms with Crippen LogP contribution in [0.2, 0.25) is 0 Å². The van der Waals surface area contributed by atoms with Crippen LogP contribution in [0.1, 0.15) is 0 Å². The van der Waals surface area contributed by atoms with Gasteiger partial charge in [-0.25, -0.2) is 0 Å². The van der Waals surface area contributed by atoms with Gasteiger partial charge in [-0.15, -0.1) is 37.2 Å². The van der Waals surface area contributed by atoms with Crippen molar-refractivity contribution in [2.45, 2.75) is 0 Å². The standard InChI is InChI=1S/C6H5.3ClH.Sn/c1-2-4-6-5-3-1;;;;/h1-5H;3*1H;. The van der Waals surface area contributed by atoms with Gasteiger partial charge in [0.05, 0.1) is 0 Å². The normalized spacial score (nSPS) is 6.10. The molecular weight excluding hydrogens is 297 g/mol. The van der Waals surface area contributed by atoms with E-state index in [9.17, 15) is 0 Å². The summed E-state index contributed by atoms with van der Waals surface area (Å²) in [4.78, 5) is 0. The van der Waals surface area contributed by atoms with Crippen LogP contribution in [0, 0.1) is 0 Å². The fraction of sp³-hybridized carbons (Fsp3) is 0. The average molecular weight is 305 g/mol. The third-order valence-electron chi connectivity index (χ3n) is 0.774. The van der Waals surface area contributed by atoms with Gasteiger partial charge in [-0.2, -0.15) is 0 Å². The molecule has 4 heteroatoms. The van der Waals surface area contributed by atoms with Crippen molar-refractivity contribution < 1.29 is 0 Å². The topological polar surface area (TPSA) is 0 Å². The first-order chi connectivity index (χ1) is 3.39. The van der Waals surface area contributed by atoms with Gasteiger partial charge in [0.25, 0.3) is 0 Å². The predicted octanol–water partition coefficient (Wildman–Crippen LogP) is 1.75. The second-order valence-electron chi connectivity index (χ2n) is 1.37. The van der Waals surface area contributed by atoms with E-state index < -0.39 is 0 Å². The summed E-state index contributed by atoms with van der Waals surface area (Å²) in [5.41, 5.74) is 0. The van der Waals surface area contributed by atoms with E-state index in [4.69, 9.17) is 0 Å². The fourth-order valence-corrected chi connectivity index (χ4v) is 0.987. The van der Waals surface area contributed by atoms with Crippen LogP contribution in [0.15, 0.2) is 30.3 Å². The van der Waals surface area contributed by atoms with Crippen molar-refractivity contribution in [3.05, 3.63) is 30.3 Å². The fourth-order valence-electron chi connectivity index (χ4n) is 0.438. The van der Waals surface area contributed by atoms with E-state index in [-0.39, 0.29) is 37.2 Å². The molecule has 1 aromatic rings. The van der Waals surface area contributed by atoms with Crippen LogP contribution >= 0.6 is 37.2 Å². The van der Waals surface area contributed by atoms with Crippen LogP contribution in [-0.4, -0.2) is 22.5 Å². The molecule has 0 saturated heterocycles. The Balaban J connectivity index is -0.000000163. The van der Waals surface area contributed by atoms with E-state index in [1.54, 1.807) is 0 Å². The van der Waals surface area contributed by atoms with E-state index in [1.165, 1.54) is 26.1 Å². The van der Waals surface area contributed by atoms with Gasteiger partial charge in [0.1, 0.15) is 0 Å². The summed E-state index contributed by atoms with van der Waals surface area (Å²) in [6.07, 6.45) is 0. The third-order valence-corrected chi connectivity index (χ3v) is 1.73. The molecule has 0 bridgehead atoms. The Kier molecular flexibility index (Phi) is 16.9. The number of rotatable bonds is 0. The van der Waals surface area contributed by atoms with Gasteiger partial charge in [0.15, 0.2) is 0 Å². The first-order valence-electron chi connectivity index (χ1n) is 2.16. The zero-order valence-electron chi connectivity index (χ0n) is 5.11. The number of hydrogen-bond donors (Lipinski definition) is 0. The Bertz CT molecular complexity index is 143. The molecule has 0 aliphatic carbocycles. The molecule has 0 aliphatic rings. The van der Waals surface area contributed by atoms with Crippen molar-refractivity contribution in [3.63, 3.8) is 0 Å². The maximum atomic E-state index is 2.12. The van der Waals surface area contributed by atoms with E-state index >= 15 is 0 Å². The summed E-state index contributed by atoms with van der Waals surface area (Å²) in [6, 6.07) is 10.4. The summed E-state index contributed by atoms with van der Waals surface area (Å²) in [5.74, 6) is 0. The Labute approximate surface area is 93.1 Å². The number of benzene rings is 1.